The molecule has 0 bridgehead atoms. The zero-order valence-corrected chi connectivity index (χ0v) is 23.2. The first-order valence-electron chi connectivity index (χ1n) is 12.0. The van der Waals surface area contributed by atoms with Crippen molar-refractivity contribution in [1.82, 2.24) is 5.32 Å². The van der Waals surface area contributed by atoms with E-state index in [0.717, 1.165) is 5.56 Å². The van der Waals surface area contributed by atoms with Gasteiger partial charge in [0.2, 0.25) is 11.8 Å². The van der Waals surface area contributed by atoms with Crippen LogP contribution in [-0.2, 0) is 15.0 Å². The molecule has 188 valence electrons. The van der Waals surface area contributed by atoms with E-state index in [1.807, 2.05) is 18.2 Å². The maximum atomic E-state index is 14.1. The third-order valence-electron chi connectivity index (χ3n) is 6.92. The van der Waals surface area contributed by atoms with Gasteiger partial charge in [-0.2, -0.15) is 0 Å². The molecule has 37 heavy (non-hydrogen) atoms. The first-order valence-corrected chi connectivity index (χ1v) is 16.3. The Morgan fingerprint density at radius 3 is 2.49 bits per heavy atom. The second kappa shape index (κ2) is 9.25. The largest absolute Gasteiger partial charge is 0.508 e. The number of rotatable bonds is 2. The molecule has 5 rings (SSSR count). The molecule has 3 atom stereocenters. The smallest absolute Gasteiger partial charge is 0.238 e. The fourth-order valence-electron chi connectivity index (χ4n) is 5.39. The van der Waals surface area contributed by atoms with Crippen LogP contribution < -0.4 is 10.6 Å². The van der Waals surface area contributed by atoms with Gasteiger partial charge >= 0.3 is 0 Å². The summed E-state index contributed by atoms with van der Waals surface area (Å²) in [5.41, 5.74) is 5.27. The fourth-order valence-corrected chi connectivity index (χ4v) is 6.28. The van der Waals surface area contributed by atoms with Crippen molar-refractivity contribution in [3.05, 3.63) is 93.0 Å². The Morgan fingerprint density at radius 1 is 1.00 bits per heavy atom. The maximum absolute atomic E-state index is 14.1. The number of phenols is 1. The van der Waals surface area contributed by atoms with Crippen LogP contribution in [0, 0.1) is 11.5 Å². The third kappa shape index (κ3) is 4.52. The van der Waals surface area contributed by atoms with Gasteiger partial charge < -0.3 is 15.7 Å². The van der Waals surface area contributed by atoms with Crippen LogP contribution in [0.5, 0.6) is 5.75 Å². The van der Waals surface area contributed by atoms with Crippen molar-refractivity contribution in [3.63, 3.8) is 0 Å². The molecule has 0 radical (unpaired) electrons. The predicted octanol–water partition coefficient (Wildman–Crippen LogP) is 6.16. The molecule has 2 heterocycles. The number of anilines is 1. The lowest BCUT2D eigenvalue weighted by Gasteiger charge is -2.46. The normalized spacial score (nSPS) is 22.6. The van der Waals surface area contributed by atoms with Crippen LogP contribution in [0.15, 0.2) is 60.7 Å². The van der Waals surface area contributed by atoms with E-state index < -0.39 is 25.4 Å². The van der Waals surface area contributed by atoms with E-state index in [4.69, 9.17) is 23.2 Å². The molecule has 3 aromatic carbocycles. The van der Waals surface area contributed by atoms with E-state index in [0.29, 0.717) is 32.4 Å². The van der Waals surface area contributed by atoms with Gasteiger partial charge in [-0.1, -0.05) is 67.0 Å². The minimum absolute atomic E-state index is 0.0230. The highest BCUT2D eigenvalue weighted by Crippen LogP contribution is 2.58. The average molecular weight is 550 g/mol. The number of benzene rings is 3. The van der Waals surface area contributed by atoms with E-state index in [9.17, 15) is 14.7 Å². The monoisotopic (exact) mass is 548 g/mol. The predicted molar refractivity (Wildman–Crippen MR) is 150 cm³/mol. The van der Waals surface area contributed by atoms with E-state index >= 15 is 0 Å². The topological polar surface area (TPSA) is 78.4 Å². The Hall–Kier alpha value is -3.24. The van der Waals surface area contributed by atoms with E-state index in [-0.39, 0.29) is 24.0 Å². The van der Waals surface area contributed by atoms with Gasteiger partial charge in [0.15, 0.2) is 0 Å². The molecular formula is C29H26Cl2N2O3Si. The van der Waals surface area contributed by atoms with E-state index in [1.165, 1.54) is 0 Å². The van der Waals surface area contributed by atoms with E-state index in [2.05, 4.69) is 41.7 Å². The van der Waals surface area contributed by atoms with Gasteiger partial charge in [-0.15, -0.1) is 5.54 Å². The summed E-state index contributed by atoms with van der Waals surface area (Å²) in [7, 11) is -1.66. The van der Waals surface area contributed by atoms with Gasteiger partial charge in [-0.05, 0) is 53.6 Å². The molecule has 5 nitrogen and oxygen atoms in total. The van der Waals surface area contributed by atoms with Crippen molar-refractivity contribution in [3.8, 4) is 17.2 Å². The molecule has 2 aliphatic heterocycles. The number of aromatic hydroxyl groups is 1. The lowest BCUT2D eigenvalue weighted by molar-refractivity contribution is -0.131. The van der Waals surface area contributed by atoms with Crippen molar-refractivity contribution in [1.29, 1.82) is 0 Å². The van der Waals surface area contributed by atoms with Crippen molar-refractivity contribution >= 4 is 48.8 Å². The van der Waals surface area contributed by atoms with Crippen LogP contribution in [0.1, 0.15) is 40.6 Å². The summed E-state index contributed by atoms with van der Waals surface area (Å²) in [4.78, 5) is 27.3. The zero-order chi connectivity index (χ0) is 26.5. The summed E-state index contributed by atoms with van der Waals surface area (Å²) in [6, 6.07) is 16.7. The van der Waals surface area contributed by atoms with Gasteiger partial charge in [0.25, 0.3) is 0 Å². The van der Waals surface area contributed by atoms with Crippen LogP contribution in [0.3, 0.4) is 0 Å². The standard InChI is InChI=1S/C29H26Cl2N2O3Si/c1-37(2,3)12-11-17-7-10-25(34)21(13-17)27-29(22-9-8-20(31)15-24(22)32-28(29)36)23(16-26(35)33-27)18-5-4-6-19(30)14-18/h4-10,13-15,23,27,34H,16H2,1-3H3,(H,32,36)(H,33,35)/t23-,27+,29-/m0/s1. The highest BCUT2D eigenvalue weighted by Gasteiger charge is 2.61. The Kier molecular flexibility index (Phi) is 6.35. The second-order valence-corrected chi connectivity index (χ2v) is 16.2. The Bertz CT molecular complexity index is 1500. The summed E-state index contributed by atoms with van der Waals surface area (Å²) < 4.78 is 0. The molecule has 8 heteroatoms. The number of fused-ring (bicyclic) bond motifs is 2. The minimum Gasteiger partial charge on any atom is -0.508 e. The first kappa shape index (κ1) is 25.4. The Labute approximate surface area is 227 Å². The first-order chi connectivity index (χ1) is 17.5. The quantitative estimate of drug-likeness (QED) is 0.265. The Morgan fingerprint density at radius 2 is 1.76 bits per heavy atom. The molecule has 1 saturated heterocycles. The minimum atomic E-state index is -1.66. The summed E-state index contributed by atoms with van der Waals surface area (Å²) in [5, 5.41) is 18.1. The zero-order valence-electron chi connectivity index (χ0n) is 20.7. The SMILES string of the molecule is C[Si](C)(C)C#Cc1ccc(O)c([C@H]2NC(=O)C[C@@H](c3cccc(Cl)c3)[C@]23C(=O)Nc2cc(Cl)ccc23)c1. The Balaban J connectivity index is 1.78. The van der Waals surface area contributed by atoms with Crippen LogP contribution in [0.2, 0.25) is 29.7 Å². The number of hydrogen-bond acceptors (Lipinski definition) is 3. The summed E-state index contributed by atoms with van der Waals surface area (Å²) >= 11 is 12.6. The average Bonchev–Trinajstić information content (AvgIpc) is 3.10. The second-order valence-electron chi connectivity index (χ2n) is 10.6. The number of phenolic OH excluding ortho intramolecular Hbond substituents is 1. The summed E-state index contributed by atoms with van der Waals surface area (Å²) in [5.74, 6) is 2.14. The number of carbonyl (C=O) groups is 2. The molecular weight excluding hydrogens is 523 g/mol. The molecule has 0 unspecified atom stereocenters. The van der Waals surface area contributed by atoms with Crippen molar-refractivity contribution < 1.29 is 14.7 Å². The van der Waals surface area contributed by atoms with Crippen molar-refractivity contribution in [2.75, 3.05) is 5.32 Å². The van der Waals surface area contributed by atoms with Crippen LogP contribution in [0.25, 0.3) is 0 Å². The number of hydrogen-bond donors (Lipinski definition) is 3. The molecule has 1 fully saturated rings. The van der Waals surface area contributed by atoms with Gasteiger partial charge in [0, 0.05) is 39.2 Å². The molecule has 2 aliphatic rings. The van der Waals surface area contributed by atoms with Gasteiger partial charge in [-0.25, -0.2) is 0 Å². The maximum Gasteiger partial charge on any atom is 0.238 e. The fraction of sp³-hybridized carbons (Fsp3) is 0.241. The van der Waals surface area contributed by atoms with Gasteiger partial charge in [-0.3, -0.25) is 9.59 Å². The molecule has 1 spiro atoms. The number of halogens is 2. The number of piperidine rings is 1. The molecule has 3 N–H and O–H groups in total. The van der Waals surface area contributed by atoms with E-state index in [1.54, 1.807) is 42.5 Å². The van der Waals surface area contributed by atoms with Gasteiger partial charge in [0.1, 0.15) is 19.2 Å². The number of nitrogens with one attached hydrogen (secondary N) is 2. The number of amides is 2. The molecule has 3 aromatic rings. The third-order valence-corrected chi connectivity index (χ3v) is 8.27. The highest BCUT2D eigenvalue weighted by molar-refractivity contribution is 6.83. The van der Waals surface area contributed by atoms with Crippen LogP contribution in [0.4, 0.5) is 5.69 Å². The molecule has 0 aliphatic carbocycles. The van der Waals surface area contributed by atoms with Gasteiger partial charge in [0.05, 0.1) is 6.04 Å². The van der Waals surface area contributed by atoms with Crippen LogP contribution >= 0.6 is 23.2 Å². The molecule has 0 aromatic heterocycles. The number of carbonyl (C=O) groups excluding carboxylic acids is 2. The van der Waals surface area contributed by atoms with Crippen molar-refractivity contribution in [2.24, 2.45) is 0 Å². The van der Waals surface area contributed by atoms with Crippen molar-refractivity contribution in [2.45, 2.75) is 43.4 Å². The molecule has 2 amide bonds. The lowest BCUT2D eigenvalue weighted by atomic mass is 9.59. The summed E-state index contributed by atoms with van der Waals surface area (Å²) in [6.45, 7) is 6.45. The highest BCUT2D eigenvalue weighted by atomic mass is 35.5. The van der Waals surface area contributed by atoms with Crippen LogP contribution in [-0.4, -0.2) is 25.0 Å². The summed E-state index contributed by atoms with van der Waals surface area (Å²) in [6.07, 6.45) is 0.0716. The molecule has 0 saturated carbocycles. The lowest BCUT2D eigenvalue weighted by Crippen LogP contribution is -2.56.